The molecule has 0 amide bonds. The normalized spacial score (nSPS) is 12.9. The largest absolute Gasteiger partial charge is 0.462 e. The molecule has 0 radical (unpaired) electrons. The number of carbonyl (C=O) groups is 2. The first-order chi connectivity index (χ1) is 34.6. The number of hydrogen-bond acceptors (Lipinski definition) is 5. The lowest BCUT2D eigenvalue weighted by atomic mass is 10.1. The van der Waals surface area contributed by atoms with E-state index in [0.717, 1.165) is 70.6 Å². The highest BCUT2D eigenvalue weighted by molar-refractivity contribution is 5.70. The van der Waals surface area contributed by atoms with Crippen LogP contribution in [-0.4, -0.2) is 37.9 Å². The highest BCUT2D eigenvalue weighted by Gasteiger charge is 2.17. The number of hydrogen-bond donors (Lipinski definition) is 0. The van der Waals surface area contributed by atoms with Gasteiger partial charge in [-0.15, -0.1) is 0 Å². The van der Waals surface area contributed by atoms with E-state index in [0.29, 0.717) is 25.9 Å². The van der Waals surface area contributed by atoms with Crippen molar-refractivity contribution in [3.05, 3.63) is 97.2 Å². The van der Waals surface area contributed by atoms with Crippen LogP contribution in [0, 0.1) is 0 Å². The molecule has 5 heteroatoms. The molecular formula is C65H112O5. The first-order valence-corrected chi connectivity index (χ1v) is 29.8. The van der Waals surface area contributed by atoms with Gasteiger partial charge in [-0.3, -0.25) is 9.59 Å². The molecule has 0 fully saturated rings. The molecule has 0 aromatic rings. The van der Waals surface area contributed by atoms with Crippen molar-refractivity contribution in [1.82, 2.24) is 0 Å². The van der Waals surface area contributed by atoms with Crippen molar-refractivity contribution in [3.63, 3.8) is 0 Å². The molecule has 0 aliphatic heterocycles. The minimum absolute atomic E-state index is 0.0389. The van der Waals surface area contributed by atoms with E-state index in [1.807, 2.05) is 6.08 Å². The zero-order valence-electron chi connectivity index (χ0n) is 46.3. The Kier molecular flexibility index (Phi) is 57.4. The lowest BCUT2D eigenvalue weighted by molar-refractivity contribution is -0.162. The molecule has 0 bridgehead atoms. The predicted molar refractivity (Wildman–Crippen MR) is 306 cm³/mol. The molecule has 0 aliphatic rings. The maximum absolute atomic E-state index is 12.9. The Hall–Kier alpha value is -3.18. The van der Waals surface area contributed by atoms with Gasteiger partial charge in [0.2, 0.25) is 0 Å². The van der Waals surface area contributed by atoms with Gasteiger partial charge in [0.1, 0.15) is 6.61 Å². The van der Waals surface area contributed by atoms with Crippen LogP contribution in [-0.2, 0) is 23.8 Å². The van der Waals surface area contributed by atoms with Gasteiger partial charge in [0, 0.05) is 19.4 Å². The van der Waals surface area contributed by atoms with Crippen LogP contribution < -0.4 is 0 Å². The van der Waals surface area contributed by atoms with Crippen molar-refractivity contribution in [2.24, 2.45) is 0 Å². The quantitative estimate of drug-likeness (QED) is 0.0345. The summed E-state index contributed by atoms with van der Waals surface area (Å²) in [6, 6.07) is 0. The van der Waals surface area contributed by atoms with Crippen molar-refractivity contribution in [2.75, 3.05) is 19.8 Å². The van der Waals surface area contributed by atoms with Crippen LogP contribution in [0.1, 0.15) is 278 Å². The van der Waals surface area contributed by atoms with Gasteiger partial charge in [-0.1, -0.05) is 253 Å². The van der Waals surface area contributed by atoms with Gasteiger partial charge in [0.05, 0.1) is 6.61 Å². The topological polar surface area (TPSA) is 61.8 Å². The second kappa shape index (κ2) is 60.1. The maximum Gasteiger partial charge on any atom is 0.306 e. The minimum atomic E-state index is -0.577. The molecule has 0 saturated heterocycles. The molecule has 402 valence electrons. The van der Waals surface area contributed by atoms with Crippen LogP contribution in [0.3, 0.4) is 0 Å². The zero-order chi connectivity index (χ0) is 50.6. The number of allylic oxidation sites excluding steroid dienone is 16. The standard InChI is InChI=1S/C65H112O5/c1-4-7-10-13-16-19-22-25-28-31-33-35-37-40-43-46-49-52-55-58-64(66)69-62-63(61-68-60-57-54-51-48-45-42-39-30-27-24-21-18-15-12-9-6-3)70-65(67)59-56-53-50-47-44-41-38-36-34-32-29-26-23-20-17-14-11-8-5-2/h7,10,16,19,25-30,33,35,40,43,49,52,63H,4-6,8-9,11-15,17-18,20-24,31-32,34,36-39,41-42,44-48,50-51,53-62H2,1-3H3/b10-7-,19-16-,28-25-,29-26-,30-27-,35-33-,43-40-,52-49-. The molecule has 0 aliphatic carbocycles. The Balaban J connectivity index is 4.39. The molecule has 0 N–H and O–H groups in total. The molecule has 0 aromatic heterocycles. The Morgan fingerprint density at radius 2 is 0.671 bits per heavy atom. The molecule has 0 spiro atoms. The smallest absolute Gasteiger partial charge is 0.306 e. The molecule has 1 unspecified atom stereocenters. The number of carbonyl (C=O) groups excluding carboxylic acids is 2. The van der Waals surface area contributed by atoms with E-state index in [1.165, 1.54) is 167 Å². The summed E-state index contributed by atoms with van der Waals surface area (Å²) in [6.07, 6.45) is 81.6. The van der Waals surface area contributed by atoms with Gasteiger partial charge in [0.15, 0.2) is 6.10 Å². The van der Waals surface area contributed by atoms with Crippen molar-refractivity contribution in [2.45, 2.75) is 284 Å². The van der Waals surface area contributed by atoms with Gasteiger partial charge < -0.3 is 14.2 Å². The summed E-state index contributed by atoms with van der Waals surface area (Å²) in [4.78, 5) is 25.5. The van der Waals surface area contributed by atoms with E-state index in [4.69, 9.17) is 14.2 Å². The summed E-state index contributed by atoms with van der Waals surface area (Å²) in [5, 5.41) is 0. The molecule has 0 saturated carbocycles. The first kappa shape index (κ1) is 66.8. The van der Waals surface area contributed by atoms with Crippen molar-refractivity contribution in [3.8, 4) is 0 Å². The predicted octanol–water partition coefficient (Wildman–Crippen LogP) is 20.6. The van der Waals surface area contributed by atoms with Crippen LogP contribution >= 0.6 is 0 Å². The van der Waals surface area contributed by atoms with Gasteiger partial charge >= 0.3 is 11.9 Å². The maximum atomic E-state index is 12.9. The van der Waals surface area contributed by atoms with Crippen molar-refractivity contribution < 1.29 is 23.8 Å². The summed E-state index contributed by atoms with van der Waals surface area (Å²) in [5.74, 6) is -0.495. The van der Waals surface area contributed by atoms with Crippen molar-refractivity contribution >= 4 is 11.9 Å². The number of rotatable bonds is 54. The Bertz CT molecular complexity index is 1330. The SMILES string of the molecule is CC/C=C\C/C=C\C/C=C\C/C=C\C/C=C\C/C=C\CCC(=O)OCC(COCCCCCCCC/C=C\CCCCCCCC)OC(=O)CCCCCCCCCCC/C=C\CCCCCCCC. The fraction of sp³-hybridized carbons (Fsp3) is 0.723. The fourth-order valence-corrected chi connectivity index (χ4v) is 8.17. The van der Waals surface area contributed by atoms with Crippen LogP contribution in [0.2, 0.25) is 0 Å². The van der Waals surface area contributed by atoms with E-state index in [1.54, 1.807) is 0 Å². The summed E-state index contributed by atoms with van der Waals surface area (Å²) in [5.41, 5.74) is 0. The highest BCUT2D eigenvalue weighted by atomic mass is 16.6. The van der Waals surface area contributed by atoms with E-state index in [9.17, 15) is 9.59 Å². The lowest BCUT2D eigenvalue weighted by Crippen LogP contribution is -2.30. The molecule has 5 nitrogen and oxygen atoms in total. The molecule has 1 atom stereocenters. The third-order valence-electron chi connectivity index (χ3n) is 12.6. The highest BCUT2D eigenvalue weighted by Crippen LogP contribution is 2.15. The van der Waals surface area contributed by atoms with Crippen LogP contribution in [0.25, 0.3) is 0 Å². The molecule has 70 heavy (non-hydrogen) atoms. The molecule has 0 heterocycles. The third-order valence-corrected chi connectivity index (χ3v) is 12.6. The van der Waals surface area contributed by atoms with Gasteiger partial charge in [-0.25, -0.2) is 0 Å². The van der Waals surface area contributed by atoms with E-state index >= 15 is 0 Å². The van der Waals surface area contributed by atoms with Crippen molar-refractivity contribution in [1.29, 1.82) is 0 Å². The van der Waals surface area contributed by atoms with E-state index in [-0.39, 0.29) is 25.2 Å². The Morgan fingerprint density at radius 1 is 0.329 bits per heavy atom. The average molecular weight is 974 g/mol. The minimum Gasteiger partial charge on any atom is -0.462 e. The second-order valence-corrected chi connectivity index (χ2v) is 19.5. The monoisotopic (exact) mass is 973 g/mol. The number of ether oxygens (including phenoxy) is 3. The number of esters is 2. The molecule has 0 aromatic carbocycles. The van der Waals surface area contributed by atoms with Gasteiger partial charge in [-0.05, 0) is 109 Å². The average Bonchev–Trinajstić information content (AvgIpc) is 3.36. The zero-order valence-corrected chi connectivity index (χ0v) is 46.3. The first-order valence-electron chi connectivity index (χ1n) is 29.8. The van der Waals surface area contributed by atoms with Crippen LogP contribution in [0.4, 0.5) is 0 Å². The molecule has 0 rings (SSSR count). The van der Waals surface area contributed by atoms with Gasteiger partial charge in [0.25, 0.3) is 0 Å². The molecular weight excluding hydrogens is 861 g/mol. The summed E-state index contributed by atoms with van der Waals surface area (Å²) in [7, 11) is 0. The van der Waals surface area contributed by atoms with Crippen LogP contribution in [0.15, 0.2) is 97.2 Å². The summed E-state index contributed by atoms with van der Waals surface area (Å²) in [6.45, 7) is 7.63. The second-order valence-electron chi connectivity index (χ2n) is 19.5. The Labute approximate surface area is 434 Å². The van der Waals surface area contributed by atoms with Crippen LogP contribution in [0.5, 0.6) is 0 Å². The summed E-state index contributed by atoms with van der Waals surface area (Å²) >= 11 is 0. The summed E-state index contributed by atoms with van der Waals surface area (Å²) < 4.78 is 17.4. The Morgan fingerprint density at radius 3 is 1.09 bits per heavy atom. The third kappa shape index (κ3) is 57.4. The number of unbranched alkanes of at least 4 members (excludes halogenated alkanes) is 27. The fourth-order valence-electron chi connectivity index (χ4n) is 8.17. The van der Waals surface area contributed by atoms with E-state index in [2.05, 4.69) is 112 Å². The van der Waals surface area contributed by atoms with Gasteiger partial charge in [-0.2, -0.15) is 0 Å². The van der Waals surface area contributed by atoms with E-state index < -0.39 is 6.10 Å². The lowest BCUT2D eigenvalue weighted by Gasteiger charge is -2.18.